The van der Waals surface area contributed by atoms with Gasteiger partial charge in [0.05, 0.1) is 16.0 Å². The summed E-state index contributed by atoms with van der Waals surface area (Å²) in [6.45, 7) is 0. The lowest BCUT2D eigenvalue weighted by atomic mass is 10.1. The molecule has 0 atom stereocenters. The van der Waals surface area contributed by atoms with Crippen LogP contribution >= 0.6 is 11.3 Å². The van der Waals surface area contributed by atoms with Crippen molar-refractivity contribution in [1.29, 1.82) is 0 Å². The maximum Gasteiger partial charge on any atom is 0.256 e. The Hall–Kier alpha value is -3.10. The number of thiazole rings is 1. The number of fused-ring (bicyclic) bond motifs is 1. The van der Waals surface area contributed by atoms with E-state index < -0.39 is 9.84 Å². The van der Waals surface area contributed by atoms with E-state index >= 15 is 0 Å². The minimum absolute atomic E-state index is 0.0519. The first-order valence-electron chi connectivity index (χ1n) is 8.77. The molecule has 29 heavy (non-hydrogen) atoms. The predicted molar refractivity (Wildman–Crippen MR) is 116 cm³/mol. The number of sulfone groups is 1. The Morgan fingerprint density at radius 3 is 2.45 bits per heavy atom. The van der Waals surface area contributed by atoms with Crippen LogP contribution in [-0.4, -0.2) is 30.5 Å². The van der Waals surface area contributed by atoms with Crippen LogP contribution in [0.1, 0.15) is 15.9 Å². The summed E-state index contributed by atoms with van der Waals surface area (Å²) in [5, 5.41) is 3.62. The first-order valence-corrected chi connectivity index (χ1v) is 11.7. The van der Waals surface area contributed by atoms with Crippen LogP contribution in [0, 0.1) is 0 Å². The van der Waals surface area contributed by atoms with Gasteiger partial charge in [-0.15, -0.1) is 11.3 Å². The zero-order valence-electron chi connectivity index (χ0n) is 15.5. The third-order valence-electron chi connectivity index (χ3n) is 4.19. The summed E-state index contributed by atoms with van der Waals surface area (Å²) in [5.74, 6) is 0.0696. The van der Waals surface area contributed by atoms with Crippen LogP contribution in [0.25, 0.3) is 20.8 Å². The largest absolute Gasteiger partial charge is 0.307 e. The standard InChI is InChI=1S/C21H17N3O3S2/c1-29(26,27)13-14-6-8-15(9-7-14)20(25)24-19-11-10-16(12-22-19)21-23-17-4-2-3-5-18(17)28-21/h2-12H,13H2,1H3,(H,22,24,25). The summed E-state index contributed by atoms with van der Waals surface area (Å²) < 4.78 is 23.8. The molecule has 0 radical (unpaired) electrons. The average molecular weight is 424 g/mol. The van der Waals surface area contributed by atoms with E-state index in [4.69, 9.17) is 0 Å². The van der Waals surface area contributed by atoms with Crippen LogP contribution < -0.4 is 5.32 Å². The molecule has 0 spiro atoms. The van der Waals surface area contributed by atoms with Gasteiger partial charge in [-0.05, 0) is 42.0 Å². The molecule has 4 rings (SSSR count). The number of hydrogen-bond acceptors (Lipinski definition) is 6. The van der Waals surface area contributed by atoms with Gasteiger partial charge in [0.1, 0.15) is 10.8 Å². The van der Waals surface area contributed by atoms with Crippen LogP contribution in [0.5, 0.6) is 0 Å². The minimum Gasteiger partial charge on any atom is -0.307 e. The zero-order chi connectivity index (χ0) is 20.4. The Labute approximate surface area is 172 Å². The van der Waals surface area contributed by atoms with Crippen LogP contribution in [0.2, 0.25) is 0 Å². The number of carbonyl (C=O) groups excluding carboxylic acids is 1. The van der Waals surface area contributed by atoms with E-state index in [9.17, 15) is 13.2 Å². The third kappa shape index (κ3) is 4.67. The van der Waals surface area contributed by atoms with Crippen LogP contribution in [0.4, 0.5) is 5.82 Å². The quantitative estimate of drug-likeness (QED) is 0.521. The fourth-order valence-corrected chi connectivity index (χ4v) is 4.59. The maximum absolute atomic E-state index is 12.4. The first kappa shape index (κ1) is 19.2. The van der Waals surface area contributed by atoms with E-state index in [1.807, 2.05) is 30.3 Å². The number of aromatic nitrogens is 2. The lowest BCUT2D eigenvalue weighted by molar-refractivity contribution is 0.102. The van der Waals surface area contributed by atoms with Crippen molar-refractivity contribution < 1.29 is 13.2 Å². The van der Waals surface area contributed by atoms with Gasteiger partial charge in [-0.3, -0.25) is 4.79 Å². The molecule has 0 saturated heterocycles. The number of carbonyl (C=O) groups is 1. The molecule has 1 amide bonds. The van der Waals surface area contributed by atoms with Gasteiger partial charge in [0, 0.05) is 23.6 Å². The zero-order valence-corrected chi connectivity index (χ0v) is 17.1. The fraction of sp³-hybridized carbons (Fsp3) is 0.0952. The molecule has 4 aromatic rings. The van der Waals surface area contributed by atoms with Crippen molar-refractivity contribution in [3.05, 3.63) is 78.0 Å². The average Bonchev–Trinajstić information content (AvgIpc) is 3.12. The molecule has 0 saturated carbocycles. The molecular formula is C21H17N3O3S2. The molecule has 146 valence electrons. The third-order valence-corrected chi connectivity index (χ3v) is 6.13. The number of rotatable bonds is 5. The predicted octanol–water partition coefficient (Wildman–Crippen LogP) is 4.16. The summed E-state index contributed by atoms with van der Waals surface area (Å²) in [7, 11) is -3.11. The number of amides is 1. The van der Waals surface area contributed by atoms with Gasteiger partial charge in [-0.1, -0.05) is 24.3 Å². The normalized spacial score (nSPS) is 11.5. The minimum atomic E-state index is -3.11. The molecule has 2 aromatic heterocycles. The van der Waals surface area contributed by atoms with E-state index in [1.165, 1.54) is 6.26 Å². The molecule has 6 nitrogen and oxygen atoms in total. The molecule has 0 bridgehead atoms. The Morgan fingerprint density at radius 1 is 1.03 bits per heavy atom. The number of para-hydroxylation sites is 1. The number of hydrogen-bond donors (Lipinski definition) is 1. The molecule has 0 unspecified atom stereocenters. The second-order valence-corrected chi connectivity index (χ2v) is 9.81. The van der Waals surface area contributed by atoms with Crippen LogP contribution in [0.3, 0.4) is 0 Å². The van der Waals surface area contributed by atoms with Gasteiger partial charge in [-0.25, -0.2) is 18.4 Å². The Balaban J connectivity index is 1.46. The van der Waals surface area contributed by atoms with Gasteiger partial charge < -0.3 is 5.32 Å². The Morgan fingerprint density at radius 2 is 1.79 bits per heavy atom. The van der Waals surface area contributed by atoms with Crippen LogP contribution in [-0.2, 0) is 15.6 Å². The van der Waals surface area contributed by atoms with E-state index in [0.29, 0.717) is 16.9 Å². The van der Waals surface area contributed by atoms with E-state index in [2.05, 4.69) is 15.3 Å². The van der Waals surface area contributed by atoms with Gasteiger partial charge >= 0.3 is 0 Å². The molecule has 0 fully saturated rings. The second kappa shape index (κ2) is 7.73. The lowest BCUT2D eigenvalue weighted by Gasteiger charge is -2.06. The number of benzene rings is 2. The lowest BCUT2D eigenvalue weighted by Crippen LogP contribution is -2.13. The Kier molecular flexibility index (Phi) is 5.12. The van der Waals surface area contributed by atoms with Gasteiger partial charge in [0.25, 0.3) is 5.91 Å². The van der Waals surface area contributed by atoms with Crippen molar-refractivity contribution in [2.45, 2.75) is 5.75 Å². The van der Waals surface area contributed by atoms with Crippen molar-refractivity contribution in [2.75, 3.05) is 11.6 Å². The molecule has 2 aromatic carbocycles. The van der Waals surface area contributed by atoms with Crippen molar-refractivity contribution in [1.82, 2.24) is 9.97 Å². The smallest absolute Gasteiger partial charge is 0.256 e. The molecule has 0 aliphatic carbocycles. The van der Waals surface area contributed by atoms with Crippen molar-refractivity contribution in [2.24, 2.45) is 0 Å². The van der Waals surface area contributed by atoms with Crippen molar-refractivity contribution >= 4 is 43.1 Å². The molecular weight excluding hydrogens is 406 g/mol. The fourth-order valence-electron chi connectivity index (χ4n) is 2.83. The summed E-state index contributed by atoms with van der Waals surface area (Å²) in [5.41, 5.74) is 2.90. The van der Waals surface area contributed by atoms with E-state index in [-0.39, 0.29) is 11.7 Å². The highest BCUT2D eigenvalue weighted by atomic mass is 32.2. The number of nitrogens with zero attached hydrogens (tertiary/aromatic N) is 2. The molecule has 0 aliphatic heterocycles. The summed E-state index contributed by atoms with van der Waals surface area (Å²) >= 11 is 1.59. The highest BCUT2D eigenvalue weighted by molar-refractivity contribution is 7.89. The van der Waals surface area contributed by atoms with Crippen molar-refractivity contribution in [3.8, 4) is 10.6 Å². The molecule has 0 aliphatic rings. The maximum atomic E-state index is 12.4. The highest BCUT2D eigenvalue weighted by Crippen LogP contribution is 2.29. The topological polar surface area (TPSA) is 89.0 Å². The molecule has 1 N–H and O–H groups in total. The highest BCUT2D eigenvalue weighted by Gasteiger charge is 2.10. The summed E-state index contributed by atoms with van der Waals surface area (Å²) in [6, 6.07) is 18.0. The second-order valence-electron chi connectivity index (χ2n) is 6.64. The monoisotopic (exact) mass is 423 g/mol. The number of anilines is 1. The SMILES string of the molecule is CS(=O)(=O)Cc1ccc(C(=O)Nc2ccc(-c3nc4ccccc4s3)cn2)cc1. The van der Waals surface area contributed by atoms with Gasteiger partial charge in [-0.2, -0.15) is 0 Å². The molecule has 2 heterocycles. The summed E-state index contributed by atoms with van der Waals surface area (Å²) in [4.78, 5) is 21.3. The van der Waals surface area contributed by atoms with Crippen molar-refractivity contribution in [3.63, 3.8) is 0 Å². The van der Waals surface area contributed by atoms with Gasteiger partial charge in [0.2, 0.25) is 0 Å². The number of pyridine rings is 1. The van der Waals surface area contributed by atoms with Gasteiger partial charge in [0.15, 0.2) is 9.84 Å². The van der Waals surface area contributed by atoms with E-state index in [1.54, 1.807) is 47.9 Å². The molecule has 8 heteroatoms. The Bertz CT molecular complexity index is 1250. The number of nitrogens with one attached hydrogen (secondary N) is 1. The van der Waals surface area contributed by atoms with Crippen LogP contribution in [0.15, 0.2) is 66.9 Å². The van der Waals surface area contributed by atoms with E-state index in [0.717, 1.165) is 20.8 Å². The summed E-state index contributed by atoms with van der Waals surface area (Å²) in [6.07, 6.45) is 2.86. The first-order chi connectivity index (χ1) is 13.9.